The Balaban J connectivity index is 1.84. The van der Waals surface area contributed by atoms with Crippen LogP contribution in [0.4, 0.5) is 0 Å². The Kier molecular flexibility index (Phi) is 5.15. The molecule has 6 heteroatoms. The minimum atomic E-state index is -0.770. The Morgan fingerprint density at radius 2 is 2.15 bits per heavy atom. The van der Waals surface area contributed by atoms with Crippen molar-refractivity contribution in [3.05, 3.63) is 23.8 Å². The van der Waals surface area contributed by atoms with Crippen LogP contribution in [0.25, 0.3) is 0 Å². The van der Waals surface area contributed by atoms with Gasteiger partial charge in [-0.3, -0.25) is 0 Å². The van der Waals surface area contributed by atoms with Crippen molar-refractivity contribution in [1.29, 1.82) is 0 Å². The number of aliphatic hydroxyl groups excluding tert-OH is 1. The highest BCUT2D eigenvalue weighted by molar-refractivity contribution is 7.98. The van der Waals surface area contributed by atoms with Crippen LogP contribution >= 0.6 is 11.8 Å². The van der Waals surface area contributed by atoms with Gasteiger partial charge in [0.05, 0.1) is 11.7 Å². The van der Waals surface area contributed by atoms with Crippen LogP contribution in [-0.4, -0.2) is 47.7 Å². The summed E-state index contributed by atoms with van der Waals surface area (Å²) in [5.41, 5.74) is -0.000134. The highest BCUT2D eigenvalue weighted by atomic mass is 32.2. The molecule has 5 nitrogen and oxygen atoms in total. The number of hydrogen-bond acceptors (Lipinski definition) is 6. The second-order valence-corrected chi connectivity index (χ2v) is 6.06. The van der Waals surface area contributed by atoms with Crippen molar-refractivity contribution in [2.75, 3.05) is 31.9 Å². The van der Waals surface area contributed by atoms with Crippen LogP contribution in [0.1, 0.15) is 18.6 Å². The third-order valence-electron chi connectivity index (χ3n) is 3.08. The van der Waals surface area contributed by atoms with Crippen molar-refractivity contribution >= 4 is 11.8 Å². The monoisotopic (exact) mass is 299 g/mol. The van der Waals surface area contributed by atoms with E-state index >= 15 is 0 Å². The second-order valence-electron chi connectivity index (χ2n) is 5.19. The molecule has 1 aromatic carbocycles. The first-order chi connectivity index (χ1) is 9.52. The predicted octanol–water partition coefficient (Wildman–Crippen LogP) is 1.15. The van der Waals surface area contributed by atoms with E-state index in [4.69, 9.17) is 9.47 Å². The average Bonchev–Trinajstić information content (AvgIpc) is 2.85. The van der Waals surface area contributed by atoms with Gasteiger partial charge in [-0.15, -0.1) is 0 Å². The smallest absolute Gasteiger partial charge is 0.231 e. The molecule has 0 saturated carbocycles. The lowest BCUT2D eigenvalue weighted by atomic mass is 10.1. The van der Waals surface area contributed by atoms with E-state index in [1.165, 1.54) is 0 Å². The van der Waals surface area contributed by atoms with Gasteiger partial charge in [0, 0.05) is 18.8 Å². The summed E-state index contributed by atoms with van der Waals surface area (Å²) < 4.78 is 10.5. The molecule has 1 heterocycles. The molecule has 0 fully saturated rings. The summed E-state index contributed by atoms with van der Waals surface area (Å²) in [5.74, 6) is 2.02. The van der Waals surface area contributed by atoms with Gasteiger partial charge in [0.2, 0.25) is 6.79 Å². The van der Waals surface area contributed by atoms with E-state index in [2.05, 4.69) is 5.32 Å². The Morgan fingerprint density at radius 1 is 1.40 bits per heavy atom. The Hall–Kier alpha value is -0.950. The van der Waals surface area contributed by atoms with E-state index in [0.717, 1.165) is 5.56 Å². The number of fused-ring (bicyclic) bond motifs is 1. The maximum Gasteiger partial charge on any atom is 0.231 e. The Morgan fingerprint density at radius 3 is 2.90 bits per heavy atom. The van der Waals surface area contributed by atoms with E-state index in [-0.39, 0.29) is 6.79 Å². The Bertz CT molecular complexity index is 453. The van der Waals surface area contributed by atoms with E-state index in [1.807, 2.05) is 12.3 Å². The largest absolute Gasteiger partial charge is 0.454 e. The molecule has 0 amide bonds. The Labute approximate surface area is 123 Å². The number of aliphatic hydroxyl groups is 2. The van der Waals surface area contributed by atoms with E-state index in [1.54, 1.807) is 30.8 Å². The van der Waals surface area contributed by atoms with E-state index in [0.29, 0.717) is 30.3 Å². The van der Waals surface area contributed by atoms with Gasteiger partial charge in [-0.2, -0.15) is 11.8 Å². The first kappa shape index (κ1) is 15.4. The van der Waals surface area contributed by atoms with Gasteiger partial charge < -0.3 is 25.0 Å². The third kappa shape index (κ3) is 4.02. The minimum Gasteiger partial charge on any atom is -0.454 e. The van der Waals surface area contributed by atoms with Gasteiger partial charge in [-0.05, 0) is 30.9 Å². The molecule has 0 saturated heterocycles. The van der Waals surface area contributed by atoms with E-state index < -0.39 is 11.7 Å². The minimum absolute atomic E-state index is 0.227. The van der Waals surface area contributed by atoms with Crippen LogP contribution in [0, 0.1) is 0 Å². The number of nitrogens with one attached hydrogen (secondary N) is 1. The summed E-state index contributed by atoms with van der Waals surface area (Å²) in [6.45, 7) is 2.83. The lowest BCUT2D eigenvalue weighted by Gasteiger charge is -2.23. The molecule has 0 spiro atoms. The van der Waals surface area contributed by atoms with Gasteiger partial charge in [0.15, 0.2) is 11.5 Å². The molecular formula is C14H21NO4S. The van der Waals surface area contributed by atoms with Crippen molar-refractivity contribution in [2.45, 2.75) is 18.6 Å². The van der Waals surface area contributed by atoms with Crippen LogP contribution in [0.15, 0.2) is 18.2 Å². The van der Waals surface area contributed by atoms with Gasteiger partial charge in [0.25, 0.3) is 0 Å². The highest BCUT2D eigenvalue weighted by Crippen LogP contribution is 2.34. The summed E-state index contributed by atoms with van der Waals surface area (Å²) in [7, 11) is 0. The summed E-state index contributed by atoms with van der Waals surface area (Å²) in [4.78, 5) is 0. The molecule has 1 aliphatic heterocycles. The highest BCUT2D eigenvalue weighted by Gasteiger charge is 2.20. The predicted molar refractivity (Wildman–Crippen MR) is 79.4 cm³/mol. The van der Waals surface area contributed by atoms with Crippen molar-refractivity contribution in [2.24, 2.45) is 0 Å². The topological polar surface area (TPSA) is 71.0 Å². The second kappa shape index (κ2) is 6.67. The van der Waals surface area contributed by atoms with Gasteiger partial charge >= 0.3 is 0 Å². The quantitative estimate of drug-likeness (QED) is 0.702. The van der Waals surface area contributed by atoms with Crippen LogP contribution in [0.3, 0.4) is 0 Å². The van der Waals surface area contributed by atoms with Crippen LogP contribution < -0.4 is 14.8 Å². The van der Waals surface area contributed by atoms with Crippen molar-refractivity contribution in [1.82, 2.24) is 5.32 Å². The molecule has 0 aliphatic carbocycles. The van der Waals surface area contributed by atoms with Gasteiger partial charge in [-0.25, -0.2) is 0 Å². The van der Waals surface area contributed by atoms with Crippen molar-refractivity contribution in [3.63, 3.8) is 0 Å². The third-order valence-corrected chi connectivity index (χ3v) is 3.99. The lowest BCUT2D eigenvalue weighted by molar-refractivity contribution is 0.0786. The molecule has 2 unspecified atom stereocenters. The lowest BCUT2D eigenvalue weighted by Crippen LogP contribution is -2.41. The number of thioether (sulfide) groups is 1. The summed E-state index contributed by atoms with van der Waals surface area (Å²) in [6.07, 6.45) is 1.31. The van der Waals surface area contributed by atoms with Crippen LogP contribution in [0.2, 0.25) is 0 Å². The molecule has 3 N–H and O–H groups in total. The molecule has 0 bridgehead atoms. The maximum absolute atomic E-state index is 10.1. The summed E-state index contributed by atoms with van der Waals surface area (Å²) in [5, 5.41) is 23.2. The molecule has 20 heavy (non-hydrogen) atoms. The fraction of sp³-hybridized carbons (Fsp3) is 0.571. The summed E-state index contributed by atoms with van der Waals surface area (Å²) in [6, 6.07) is 5.40. The molecule has 1 aromatic rings. The molecule has 0 aromatic heterocycles. The zero-order valence-corrected chi connectivity index (χ0v) is 12.6. The van der Waals surface area contributed by atoms with Crippen LogP contribution in [-0.2, 0) is 0 Å². The van der Waals surface area contributed by atoms with Gasteiger partial charge in [-0.1, -0.05) is 6.07 Å². The zero-order chi connectivity index (χ0) is 14.6. The SMILES string of the molecule is CSCC(C)(O)CNCC(O)c1ccc2c(c1)OCO2. The normalized spacial score (nSPS) is 17.8. The van der Waals surface area contributed by atoms with Gasteiger partial charge in [0.1, 0.15) is 0 Å². The number of ether oxygens (including phenoxy) is 2. The van der Waals surface area contributed by atoms with Crippen molar-refractivity contribution in [3.8, 4) is 11.5 Å². The van der Waals surface area contributed by atoms with Crippen LogP contribution in [0.5, 0.6) is 11.5 Å². The molecule has 2 rings (SSSR count). The zero-order valence-electron chi connectivity index (χ0n) is 11.8. The number of rotatable bonds is 7. The first-order valence-electron chi connectivity index (χ1n) is 6.51. The number of benzene rings is 1. The van der Waals surface area contributed by atoms with E-state index in [9.17, 15) is 10.2 Å². The van der Waals surface area contributed by atoms with Crippen molar-refractivity contribution < 1.29 is 19.7 Å². The molecule has 1 aliphatic rings. The molecule has 0 radical (unpaired) electrons. The average molecular weight is 299 g/mol. The molecular weight excluding hydrogens is 278 g/mol. The number of hydrogen-bond donors (Lipinski definition) is 3. The maximum atomic E-state index is 10.1. The standard InChI is InChI=1S/C14H21NO4S/c1-14(17,8-20-2)7-15-6-11(16)10-3-4-12-13(5-10)19-9-18-12/h3-5,11,15-17H,6-9H2,1-2H3. The first-order valence-corrected chi connectivity index (χ1v) is 7.91. The molecule has 112 valence electrons. The fourth-order valence-electron chi connectivity index (χ4n) is 2.08. The summed E-state index contributed by atoms with van der Waals surface area (Å²) >= 11 is 1.59. The fourth-order valence-corrected chi connectivity index (χ4v) is 2.80. The molecule has 2 atom stereocenters.